The van der Waals surface area contributed by atoms with Gasteiger partial charge in [-0.3, -0.25) is 4.79 Å². The predicted octanol–water partition coefficient (Wildman–Crippen LogP) is 1.18. The standard InChI is InChI=1S/C11H24N2O2/c1-3-4-5-8-15-9-6-7-11(2,13)10(12)14/h3-9,13H2,1-2H3,(H2,12,14). The van der Waals surface area contributed by atoms with Crippen molar-refractivity contribution in [3.05, 3.63) is 0 Å². The molecule has 1 atom stereocenters. The minimum absolute atomic E-state index is 0.450. The van der Waals surface area contributed by atoms with Crippen molar-refractivity contribution in [2.45, 2.75) is 51.5 Å². The smallest absolute Gasteiger partial charge is 0.237 e. The summed E-state index contributed by atoms with van der Waals surface area (Å²) in [4.78, 5) is 10.9. The van der Waals surface area contributed by atoms with Crippen LogP contribution in [-0.2, 0) is 9.53 Å². The highest BCUT2D eigenvalue weighted by atomic mass is 16.5. The Morgan fingerprint density at radius 3 is 2.40 bits per heavy atom. The zero-order chi connectivity index (χ0) is 11.7. The molecule has 0 heterocycles. The largest absolute Gasteiger partial charge is 0.381 e. The van der Waals surface area contributed by atoms with Gasteiger partial charge in [-0.15, -0.1) is 0 Å². The number of ether oxygens (including phenoxy) is 1. The van der Waals surface area contributed by atoms with Gasteiger partial charge in [0.15, 0.2) is 0 Å². The predicted molar refractivity (Wildman–Crippen MR) is 61.4 cm³/mol. The Bertz CT molecular complexity index is 181. The Morgan fingerprint density at radius 2 is 1.87 bits per heavy atom. The monoisotopic (exact) mass is 216 g/mol. The first-order valence-corrected chi connectivity index (χ1v) is 5.67. The molecular formula is C11H24N2O2. The lowest BCUT2D eigenvalue weighted by atomic mass is 9.97. The van der Waals surface area contributed by atoms with Gasteiger partial charge in [0.1, 0.15) is 0 Å². The van der Waals surface area contributed by atoms with Crippen LogP contribution in [0.5, 0.6) is 0 Å². The van der Waals surface area contributed by atoms with Crippen molar-refractivity contribution in [1.29, 1.82) is 0 Å². The summed E-state index contributed by atoms with van der Waals surface area (Å²) < 4.78 is 5.40. The minimum Gasteiger partial charge on any atom is -0.381 e. The molecule has 0 saturated carbocycles. The lowest BCUT2D eigenvalue weighted by Gasteiger charge is -2.19. The molecule has 0 aliphatic heterocycles. The summed E-state index contributed by atoms with van der Waals surface area (Å²) in [6.45, 7) is 5.27. The van der Waals surface area contributed by atoms with E-state index in [4.69, 9.17) is 16.2 Å². The normalized spacial score (nSPS) is 14.9. The number of amides is 1. The van der Waals surface area contributed by atoms with Gasteiger partial charge in [0.05, 0.1) is 5.54 Å². The third-order valence-electron chi connectivity index (χ3n) is 2.44. The Morgan fingerprint density at radius 1 is 1.27 bits per heavy atom. The molecule has 15 heavy (non-hydrogen) atoms. The first kappa shape index (κ1) is 14.4. The van der Waals surface area contributed by atoms with Crippen LogP contribution in [0.25, 0.3) is 0 Å². The molecule has 0 aromatic heterocycles. The molecule has 4 nitrogen and oxygen atoms in total. The maximum absolute atomic E-state index is 10.9. The van der Waals surface area contributed by atoms with Crippen molar-refractivity contribution >= 4 is 5.91 Å². The third kappa shape index (κ3) is 7.33. The number of hydrogen-bond donors (Lipinski definition) is 2. The van der Waals surface area contributed by atoms with E-state index < -0.39 is 11.4 Å². The molecule has 1 amide bonds. The molecule has 0 radical (unpaired) electrons. The van der Waals surface area contributed by atoms with Gasteiger partial charge in [0.2, 0.25) is 5.91 Å². The Balaban J connectivity index is 3.35. The van der Waals surface area contributed by atoms with E-state index in [1.807, 2.05) is 0 Å². The first-order chi connectivity index (χ1) is 7.00. The third-order valence-corrected chi connectivity index (χ3v) is 2.44. The van der Waals surface area contributed by atoms with Gasteiger partial charge in [-0.05, 0) is 26.2 Å². The minimum atomic E-state index is -0.896. The van der Waals surface area contributed by atoms with E-state index in [-0.39, 0.29) is 0 Å². The molecule has 4 heteroatoms. The second-order valence-corrected chi connectivity index (χ2v) is 4.20. The highest BCUT2D eigenvalue weighted by Crippen LogP contribution is 2.08. The van der Waals surface area contributed by atoms with Gasteiger partial charge in [-0.25, -0.2) is 0 Å². The molecular weight excluding hydrogens is 192 g/mol. The maximum atomic E-state index is 10.9. The van der Waals surface area contributed by atoms with Crippen LogP contribution in [0.2, 0.25) is 0 Å². The van der Waals surface area contributed by atoms with Gasteiger partial charge in [-0.2, -0.15) is 0 Å². The van der Waals surface area contributed by atoms with Crippen molar-refractivity contribution in [3.63, 3.8) is 0 Å². The molecule has 0 aromatic carbocycles. The SMILES string of the molecule is CCCCCOCCCC(C)(N)C(N)=O. The van der Waals surface area contributed by atoms with Gasteiger partial charge < -0.3 is 16.2 Å². The zero-order valence-electron chi connectivity index (χ0n) is 9.92. The van der Waals surface area contributed by atoms with Gasteiger partial charge in [-0.1, -0.05) is 19.8 Å². The Hall–Kier alpha value is -0.610. The van der Waals surface area contributed by atoms with E-state index in [0.717, 1.165) is 19.4 Å². The van der Waals surface area contributed by atoms with Gasteiger partial charge in [0, 0.05) is 13.2 Å². The number of unbranched alkanes of at least 4 members (excludes halogenated alkanes) is 2. The van der Waals surface area contributed by atoms with Crippen LogP contribution in [0.1, 0.15) is 46.0 Å². The van der Waals surface area contributed by atoms with E-state index in [1.165, 1.54) is 12.8 Å². The van der Waals surface area contributed by atoms with E-state index in [9.17, 15) is 4.79 Å². The van der Waals surface area contributed by atoms with Crippen molar-refractivity contribution in [2.75, 3.05) is 13.2 Å². The van der Waals surface area contributed by atoms with Crippen LogP contribution in [0.4, 0.5) is 0 Å². The van der Waals surface area contributed by atoms with Crippen LogP contribution in [-0.4, -0.2) is 24.7 Å². The highest BCUT2D eigenvalue weighted by Gasteiger charge is 2.24. The van der Waals surface area contributed by atoms with Gasteiger partial charge in [0.25, 0.3) is 0 Å². The molecule has 0 rings (SSSR count). The van der Waals surface area contributed by atoms with Crippen LogP contribution in [0.3, 0.4) is 0 Å². The van der Waals surface area contributed by atoms with Crippen molar-refractivity contribution in [1.82, 2.24) is 0 Å². The summed E-state index contributed by atoms with van der Waals surface area (Å²) in [5.41, 5.74) is 9.94. The molecule has 4 N–H and O–H groups in total. The lowest BCUT2D eigenvalue weighted by molar-refractivity contribution is -0.122. The zero-order valence-corrected chi connectivity index (χ0v) is 9.92. The average molecular weight is 216 g/mol. The molecule has 0 bridgehead atoms. The topological polar surface area (TPSA) is 78.3 Å². The summed E-state index contributed by atoms with van der Waals surface area (Å²) in [5.74, 6) is -0.450. The second-order valence-electron chi connectivity index (χ2n) is 4.20. The number of hydrogen-bond acceptors (Lipinski definition) is 3. The molecule has 0 fully saturated rings. The number of nitrogens with two attached hydrogens (primary N) is 2. The van der Waals surface area contributed by atoms with Crippen LogP contribution >= 0.6 is 0 Å². The van der Waals surface area contributed by atoms with E-state index >= 15 is 0 Å². The fourth-order valence-electron chi connectivity index (χ4n) is 1.22. The maximum Gasteiger partial charge on any atom is 0.237 e. The quantitative estimate of drug-likeness (QED) is 0.568. The highest BCUT2D eigenvalue weighted by molar-refractivity contribution is 5.83. The van der Waals surface area contributed by atoms with Crippen molar-refractivity contribution < 1.29 is 9.53 Å². The summed E-state index contributed by atoms with van der Waals surface area (Å²) in [7, 11) is 0. The Kier molecular flexibility index (Phi) is 7.34. The number of carbonyl (C=O) groups is 1. The molecule has 1 unspecified atom stereocenters. The molecule has 0 spiro atoms. The first-order valence-electron chi connectivity index (χ1n) is 5.67. The molecule has 0 aliphatic carbocycles. The van der Waals surface area contributed by atoms with Crippen LogP contribution in [0, 0.1) is 0 Å². The Labute approximate surface area is 92.3 Å². The van der Waals surface area contributed by atoms with E-state index in [2.05, 4.69) is 6.92 Å². The summed E-state index contributed by atoms with van der Waals surface area (Å²) >= 11 is 0. The van der Waals surface area contributed by atoms with E-state index in [1.54, 1.807) is 6.92 Å². The number of primary amides is 1. The molecule has 0 aromatic rings. The lowest BCUT2D eigenvalue weighted by Crippen LogP contribution is -2.49. The molecule has 0 aliphatic rings. The number of carbonyl (C=O) groups excluding carboxylic acids is 1. The average Bonchev–Trinajstić information content (AvgIpc) is 2.16. The summed E-state index contributed by atoms with van der Waals surface area (Å²) in [6, 6.07) is 0. The number of rotatable bonds is 9. The van der Waals surface area contributed by atoms with Crippen LogP contribution in [0.15, 0.2) is 0 Å². The second kappa shape index (κ2) is 7.65. The van der Waals surface area contributed by atoms with E-state index in [0.29, 0.717) is 13.0 Å². The fraction of sp³-hybridized carbons (Fsp3) is 0.909. The molecule has 0 saturated heterocycles. The summed E-state index contributed by atoms with van der Waals surface area (Å²) in [5, 5.41) is 0. The van der Waals surface area contributed by atoms with Crippen molar-refractivity contribution in [2.24, 2.45) is 11.5 Å². The van der Waals surface area contributed by atoms with Gasteiger partial charge >= 0.3 is 0 Å². The van der Waals surface area contributed by atoms with Crippen LogP contribution < -0.4 is 11.5 Å². The van der Waals surface area contributed by atoms with Crippen molar-refractivity contribution in [3.8, 4) is 0 Å². The molecule has 90 valence electrons. The summed E-state index contributed by atoms with van der Waals surface area (Å²) in [6.07, 6.45) is 4.87. The fourth-order valence-corrected chi connectivity index (χ4v) is 1.22.